The van der Waals surface area contributed by atoms with Crippen molar-refractivity contribution in [2.45, 2.75) is 37.7 Å². The molecule has 0 amide bonds. The zero-order valence-electron chi connectivity index (χ0n) is 18.2. The predicted molar refractivity (Wildman–Crippen MR) is 126 cm³/mol. The van der Waals surface area contributed by atoms with Gasteiger partial charge in [-0.05, 0) is 54.7 Å². The van der Waals surface area contributed by atoms with E-state index in [0.717, 1.165) is 17.1 Å². The molecule has 0 spiro atoms. The molecular formula is C25H28O7S. The fourth-order valence-electron chi connectivity index (χ4n) is 3.53. The number of rotatable bonds is 13. The number of allylic oxidation sites excluding steroid dienone is 1. The highest BCUT2D eigenvalue weighted by atomic mass is 32.2. The lowest BCUT2D eigenvalue weighted by Crippen LogP contribution is -2.28. The van der Waals surface area contributed by atoms with Gasteiger partial charge in [-0.2, -0.15) is 0 Å². The summed E-state index contributed by atoms with van der Waals surface area (Å²) in [5.41, 5.74) is 0.0949. The summed E-state index contributed by atoms with van der Waals surface area (Å²) in [5, 5.41) is 29.3. The van der Waals surface area contributed by atoms with Crippen LogP contribution in [0.1, 0.15) is 43.2 Å². The van der Waals surface area contributed by atoms with Crippen molar-refractivity contribution >= 4 is 23.7 Å². The number of hydrogen-bond acceptors (Lipinski definition) is 6. The lowest BCUT2D eigenvalue weighted by Gasteiger charge is -2.31. The zero-order valence-corrected chi connectivity index (χ0v) is 19.1. The van der Waals surface area contributed by atoms with Crippen molar-refractivity contribution in [3.63, 3.8) is 0 Å². The molecule has 1 aliphatic rings. The van der Waals surface area contributed by atoms with Crippen LogP contribution in [0.4, 0.5) is 0 Å². The van der Waals surface area contributed by atoms with Crippen LogP contribution in [0.2, 0.25) is 0 Å². The van der Waals surface area contributed by atoms with E-state index in [1.807, 2.05) is 24.3 Å². The molecule has 3 rings (SSSR count). The van der Waals surface area contributed by atoms with Crippen LogP contribution in [0, 0.1) is 0 Å². The van der Waals surface area contributed by atoms with Crippen LogP contribution in [0.25, 0.3) is 0 Å². The number of hydrogen-bond donors (Lipinski definition) is 3. The van der Waals surface area contributed by atoms with Gasteiger partial charge in [0.15, 0.2) is 0 Å². The van der Waals surface area contributed by atoms with Crippen LogP contribution in [0.15, 0.2) is 59.5 Å². The second-order valence-corrected chi connectivity index (χ2v) is 8.79. The van der Waals surface area contributed by atoms with Gasteiger partial charge in [-0.25, -0.2) is 0 Å². The van der Waals surface area contributed by atoms with Crippen molar-refractivity contribution in [2.24, 2.45) is 0 Å². The number of benzene rings is 2. The molecule has 3 N–H and O–H groups in total. The summed E-state index contributed by atoms with van der Waals surface area (Å²) in [6, 6.07) is 14.4. The highest BCUT2D eigenvalue weighted by Crippen LogP contribution is 2.45. The van der Waals surface area contributed by atoms with Gasteiger partial charge >= 0.3 is 11.9 Å². The fraction of sp³-hybridized carbons (Fsp3) is 0.360. The van der Waals surface area contributed by atoms with E-state index in [2.05, 4.69) is 6.08 Å². The molecule has 1 aliphatic heterocycles. The molecular weight excluding hydrogens is 444 g/mol. The number of ether oxygens (including phenoxy) is 2. The first-order valence-corrected chi connectivity index (χ1v) is 11.8. The van der Waals surface area contributed by atoms with Gasteiger partial charge in [0.05, 0.1) is 13.2 Å². The number of carboxylic acid groups (broad SMARTS) is 2. The molecule has 8 heteroatoms. The van der Waals surface area contributed by atoms with Gasteiger partial charge in [0.25, 0.3) is 0 Å². The van der Waals surface area contributed by atoms with E-state index < -0.39 is 17.5 Å². The van der Waals surface area contributed by atoms with Gasteiger partial charge in [0.1, 0.15) is 17.1 Å². The largest absolute Gasteiger partial charge is 0.494 e. The van der Waals surface area contributed by atoms with E-state index in [1.165, 1.54) is 0 Å². The Hall–Kier alpha value is -2.97. The molecule has 2 aromatic rings. The van der Waals surface area contributed by atoms with E-state index in [-0.39, 0.29) is 12.8 Å². The van der Waals surface area contributed by atoms with E-state index in [9.17, 15) is 14.7 Å². The van der Waals surface area contributed by atoms with E-state index >= 15 is 0 Å². The Labute approximate surface area is 197 Å². The first kappa shape index (κ1) is 24.7. The van der Waals surface area contributed by atoms with Crippen LogP contribution >= 0.6 is 11.8 Å². The molecule has 0 bridgehead atoms. The second-order valence-electron chi connectivity index (χ2n) is 7.66. The van der Waals surface area contributed by atoms with E-state index in [0.29, 0.717) is 48.7 Å². The SMILES string of the molecule is O=C(O)CCCOc1ccc(C(O)(C2=CCCS2)c2ccc(OCCCC(=O)O)cc2)cc1. The number of carboxylic acids is 2. The minimum Gasteiger partial charge on any atom is -0.494 e. The van der Waals surface area contributed by atoms with Crippen molar-refractivity contribution in [3.05, 3.63) is 70.6 Å². The Balaban J connectivity index is 1.73. The van der Waals surface area contributed by atoms with Gasteiger partial charge < -0.3 is 24.8 Å². The summed E-state index contributed by atoms with van der Waals surface area (Å²) in [7, 11) is 0. The Morgan fingerprint density at radius 2 is 1.27 bits per heavy atom. The minimum atomic E-state index is -1.31. The maximum Gasteiger partial charge on any atom is 0.303 e. The average molecular weight is 473 g/mol. The molecule has 1 heterocycles. The standard InChI is InChI=1S/C25H28O7S/c26-23(27)5-1-15-31-20-11-7-18(8-12-20)25(30,22-4-3-17-33-22)19-9-13-21(14-10-19)32-16-2-6-24(28)29/h4,7-14,30H,1-3,5-6,15-17H2,(H,26,27)(H,28,29). The topological polar surface area (TPSA) is 113 Å². The van der Waals surface area contributed by atoms with Crippen LogP contribution in [-0.2, 0) is 15.2 Å². The lowest BCUT2D eigenvalue weighted by atomic mass is 9.85. The number of aliphatic hydroxyl groups is 1. The van der Waals surface area contributed by atoms with Gasteiger partial charge in [0.2, 0.25) is 0 Å². The molecule has 0 unspecified atom stereocenters. The highest BCUT2D eigenvalue weighted by Gasteiger charge is 2.37. The number of carbonyl (C=O) groups is 2. The quantitative estimate of drug-likeness (QED) is 0.367. The van der Waals surface area contributed by atoms with Crippen molar-refractivity contribution in [1.29, 1.82) is 0 Å². The molecule has 33 heavy (non-hydrogen) atoms. The number of aliphatic carboxylic acids is 2. The van der Waals surface area contributed by atoms with Crippen molar-refractivity contribution in [3.8, 4) is 11.5 Å². The van der Waals surface area contributed by atoms with Crippen molar-refractivity contribution in [1.82, 2.24) is 0 Å². The zero-order chi connectivity index (χ0) is 23.7. The summed E-state index contributed by atoms with van der Waals surface area (Å²) < 4.78 is 11.2. The van der Waals surface area contributed by atoms with Gasteiger partial charge in [-0.3, -0.25) is 9.59 Å². The molecule has 176 valence electrons. The summed E-state index contributed by atoms with van der Waals surface area (Å²) in [4.78, 5) is 22.1. The minimum absolute atomic E-state index is 0.0580. The summed E-state index contributed by atoms with van der Waals surface area (Å²) in [5.74, 6) is 0.443. The third kappa shape index (κ3) is 6.76. The Morgan fingerprint density at radius 3 is 1.64 bits per heavy atom. The predicted octanol–water partition coefficient (Wildman–Crippen LogP) is 4.43. The lowest BCUT2D eigenvalue weighted by molar-refractivity contribution is -0.138. The molecule has 2 aromatic carbocycles. The summed E-state index contributed by atoms with van der Waals surface area (Å²) >= 11 is 1.62. The smallest absolute Gasteiger partial charge is 0.303 e. The summed E-state index contributed by atoms with van der Waals surface area (Å²) in [6.07, 6.45) is 3.91. The monoisotopic (exact) mass is 472 g/mol. The van der Waals surface area contributed by atoms with E-state index in [1.54, 1.807) is 36.0 Å². The van der Waals surface area contributed by atoms with Crippen LogP contribution in [0.5, 0.6) is 11.5 Å². The molecule has 7 nitrogen and oxygen atoms in total. The Morgan fingerprint density at radius 1 is 0.818 bits per heavy atom. The van der Waals surface area contributed by atoms with Crippen molar-refractivity contribution < 1.29 is 34.4 Å². The molecule has 0 aliphatic carbocycles. The fourth-order valence-corrected chi connectivity index (χ4v) is 4.67. The van der Waals surface area contributed by atoms with Gasteiger partial charge in [0, 0.05) is 23.5 Å². The first-order chi connectivity index (χ1) is 15.9. The molecule has 0 aromatic heterocycles. The normalized spacial score (nSPS) is 13.4. The van der Waals surface area contributed by atoms with Crippen LogP contribution in [-0.4, -0.2) is 46.2 Å². The highest BCUT2D eigenvalue weighted by molar-refractivity contribution is 8.03. The van der Waals surface area contributed by atoms with Crippen molar-refractivity contribution in [2.75, 3.05) is 19.0 Å². The third-order valence-electron chi connectivity index (χ3n) is 5.21. The second kappa shape index (κ2) is 11.8. The maximum absolute atomic E-state index is 11.9. The van der Waals surface area contributed by atoms with Gasteiger partial charge in [-0.15, -0.1) is 11.8 Å². The molecule has 0 radical (unpaired) electrons. The molecule has 0 saturated carbocycles. The van der Waals surface area contributed by atoms with Crippen LogP contribution < -0.4 is 9.47 Å². The third-order valence-corrected chi connectivity index (χ3v) is 6.43. The van der Waals surface area contributed by atoms with E-state index in [4.69, 9.17) is 19.7 Å². The summed E-state index contributed by atoms with van der Waals surface area (Å²) in [6.45, 7) is 0.621. The van der Waals surface area contributed by atoms with Gasteiger partial charge in [-0.1, -0.05) is 30.3 Å². The average Bonchev–Trinajstić information content (AvgIpc) is 3.35. The van der Waals surface area contributed by atoms with Crippen LogP contribution in [0.3, 0.4) is 0 Å². The molecule has 0 saturated heterocycles. The molecule has 0 fully saturated rings. The first-order valence-electron chi connectivity index (χ1n) is 10.9. The Kier molecular flexibility index (Phi) is 8.79. The maximum atomic E-state index is 11.9. The number of thioether (sulfide) groups is 1. The Bertz CT molecular complexity index is 902. The molecule has 0 atom stereocenters.